The van der Waals surface area contributed by atoms with Gasteiger partial charge in [0.2, 0.25) is 11.1 Å². The van der Waals surface area contributed by atoms with Crippen LogP contribution in [-0.4, -0.2) is 15.0 Å². The molecule has 0 aromatic rings. The third-order valence-electron chi connectivity index (χ3n) is 0.816. The van der Waals surface area contributed by atoms with E-state index in [0.29, 0.717) is 0 Å². The first kappa shape index (κ1) is 7.39. The molecule has 10 heavy (non-hydrogen) atoms. The van der Waals surface area contributed by atoms with Gasteiger partial charge in [-0.25, -0.2) is 4.72 Å². The van der Waals surface area contributed by atoms with E-state index in [1.54, 1.807) is 0 Å². The highest BCUT2D eigenvalue weighted by Crippen LogP contribution is 2.39. The molecule has 0 aromatic heterocycles. The van der Waals surface area contributed by atoms with Gasteiger partial charge in [0.25, 0.3) is 5.91 Å². The van der Waals surface area contributed by atoms with Crippen molar-refractivity contribution in [2.75, 3.05) is 0 Å². The van der Waals surface area contributed by atoms with E-state index in [-0.39, 0.29) is 5.76 Å². The number of nitrogens with one attached hydrogen (secondary N) is 1. The van der Waals surface area contributed by atoms with E-state index >= 15 is 0 Å². The van der Waals surface area contributed by atoms with Crippen LogP contribution in [-0.2, 0) is 8.98 Å². The molecular formula is C4H7NO4S. The normalized spacial score (nSPS) is 25.9. The van der Waals surface area contributed by atoms with Gasteiger partial charge in [0.05, 0.1) is 0 Å². The van der Waals surface area contributed by atoms with Crippen LogP contribution in [0.5, 0.6) is 0 Å². The molecule has 1 heterocycles. The second-order valence-electron chi connectivity index (χ2n) is 1.80. The first-order valence-corrected chi connectivity index (χ1v) is 3.94. The Morgan fingerprint density at radius 2 is 2.30 bits per heavy atom. The zero-order chi connectivity index (χ0) is 7.78. The molecule has 1 aliphatic rings. The second kappa shape index (κ2) is 2.15. The molecule has 0 aromatic carbocycles. The number of hydrogen-bond acceptors (Lipinski definition) is 4. The minimum atomic E-state index is -3.35. The largest absolute Gasteiger partial charge is 0.392 e. The lowest BCUT2D eigenvalue weighted by Crippen LogP contribution is -2.30. The fourth-order valence-corrected chi connectivity index (χ4v) is 1.35. The molecule has 58 valence electrons. The average Bonchev–Trinajstić information content (AvgIpc) is 1.54. The maximum Gasteiger partial charge on any atom is 0.261 e. The number of carbonyl (C=O) groups is 1. The van der Waals surface area contributed by atoms with E-state index in [4.69, 9.17) is 9.11 Å². The van der Waals surface area contributed by atoms with Crippen LogP contribution in [0.4, 0.5) is 0 Å². The monoisotopic (exact) mass is 165 g/mol. The Bertz CT molecular complexity index is 199. The molecule has 0 radical (unpaired) electrons. The van der Waals surface area contributed by atoms with E-state index in [2.05, 4.69) is 4.18 Å². The molecule has 1 amide bonds. The zero-order valence-electron chi connectivity index (χ0n) is 5.20. The van der Waals surface area contributed by atoms with E-state index in [1.807, 2.05) is 4.72 Å². The fraction of sp³-hybridized carbons (Fsp3) is 0.250. The summed E-state index contributed by atoms with van der Waals surface area (Å²) >= 11 is -3.35. The van der Waals surface area contributed by atoms with Crippen LogP contribution >= 0.6 is 11.1 Å². The van der Waals surface area contributed by atoms with Gasteiger partial charge in [-0.15, -0.1) is 0 Å². The van der Waals surface area contributed by atoms with Gasteiger partial charge in [0, 0.05) is 6.08 Å². The summed E-state index contributed by atoms with van der Waals surface area (Å²) in [4.78, 5) is 10.5. The standard InChI is InChI=1S/C4H7NO4S/c1-3-2-4(6)5-10(7,8)9-3/h2,7-8H,1H3,(H,5,6). The Labute approximate surface area is 59.4 Å². The lowest BCUT2D eigenvalue weighted by atomic mass is 10.5. The minimum absolute atomic E-state index is 0.198. The van der Waals surface area contributed by atoms with E-state index in [9.17, 15) is 4.79 Å². The van der Waals surface area contributed by atoms with E-state index in [1.165, 1.54) is 6.92 Å². The molecule has 0 fully saturated rings. The summed E-state index contributed by atoms with van der Waals surface area (Å²) < 4.78 is 23.8. The van der Waals surface area contributed by atoms with Crippen molar-refractivity contribution in [2.45, 2.75) is 6.92 Å². The molecule has 1 rings (SSSR count). The highest BCUT2D eigenvalue weighted by atomic mass is 32.3. The zero-order valence-corrected chi connectivity index (χ0v) is 6.01. The van der Waals surface area contributed by atoms with Gasteiger partial charge < -0.3 is 4.18 Å². The van der Waals surface area contributed by atoms with Gasteiger partial charge in [-0.3, -0.25) is 13.9 Å². The van der Waals surface area contributed by atoms with Gasteiger partial charge in [0.15, 0.2) is 0 Å². The molecule has 0 aliphatic carbocycles. The molecule has 0 unspecified atom stereocenters. The highest BCUT2D eigenvalue weighted by molar-refractivity contribution is 8.19. The Hall–Kier alpha value is -0.720. The molecule has 5 nitrogen and oxygen atoms in total. The summed E-state index contributed by atoms with van der Waals surface area (Å²) in [5, 5.41) is 0. The van der Waals surface area contributed by atoms with Crippen LogP contribution in [0.1, 0.15) is 6.92 Å². The summed E-state index contributed by atoms with van der Waals surface area (Å²) in [6.07, 6.45) is 1.14. The molecule has 0 bridgehead atoms. The van der Waals surface area contributed by atoms with Crippen molar-refractivity contribution < 1.29 is 18.1 Å². The molecule has 0 saturated carbocycles. The quantitative estimate of drug-likeness (QED) is 0.491. The number of rotatable bonds is 0. The van der Waals surface area contributed by atoms with Crippen LogP contribution < -0.4 is 4.72 Å². The Morgan fingerprint density at radius 1 is 1.70 bits per heavy atom. The van der Waals surface area contributed by atoms with Gasteiger partial charge in [-0.2, -0.15) is 0 Å². The molecule has 1 aliphatic heterocycles. The van der Waals surface area contributed by atoms with Crippen molar-refractivity contribution in [3.63, 3.8) is 0 Å². The van der Waals surface area contributed by atoms with E-state index in [0.717, 1.165) is 6.08 Å². The van der Waals surface area contributed by atoms with E-state index < -0.39 is 17.0 Å². The lowest BCUT2D eigenvalue weighted by Gasteiger charge is -2.29. The summed E-state index contributed by atoms with van der Waals surface area (Å²) in [5.41, 5.74) is 0. The van der Waals surface area contributed by atoms with Crippen molar-refractivity contribution in [1.82, 2.24) is 4.72 Å². The smallest absolute Gasteiger partial charge is 0.261 e. The van der Waals surface area contributed by atoms with Crippen LogP contribution in [0.25, 0.3) is 0 Å². The molecule has 0 atom stereocenters. The van der Waals surface area contributed by atoms with Crippen molar-refractivity contribution in [3.05, 3.63) is 11.8 Å². The van der Waals surface area contributed by atoms with Crippen molar-refractivity contribution >= 4 is 17.0 Å². The molecule has 3 N–H and O–H groups in total. The Kier molecular flexibility index (Phi) is 1.59. The number of hydrogen-bond donors (Lipinski definition) is 3. The predicted molar refractivity (Wildman–Crippen MR) is 35.8 cm³/mol. The number of carbonyl (C=O) groups excluding carboxylic acids is 1. The second-order valence-corrected chi connectivity index (χ2v) is 3.17. The van der Waals surface area contributed by atoms with Gasteiger partial charge >= 0.3 is 0 Å². The number of amides is 1. The fourth-order valence-electron chi connectivity index (χ4n) is 0.573. The summed E-state index contributed by atoms with van der Waals surface area (Å²) in [7, 11) is 0. The molecule has 6 heteroatoms. The van der Waals surface area contributed by atoms with Crippen LogP contribution in [0, 0.1) is 0 Å². The first-order valence-electron chi connectivity index (χ1n) is 2.47. The molecule has 0 saturated heterocycles. The van der Waals surface area contributed by atoms with Crippen molar-refractivity contribution in [2.24, 2.45) is 0 Å². The SMILES string of the molecule is CC1=CC(=O)NS(O)(O)O1. The third-order valence-corrected chi connectivity index (χ3v) is 1.78. The molecule has 0 spiro atoms. The lowest BCUT2D eigenvalue weighted by molar-refractivity contribution is -0.115. The average molecular weight is 165 g/mol. The highest BCUT2D eigenvalue weighted by Gasteiger charge is 2.25. The predicted octanol–water partition coefficient (Wildman–Crippen LogP) is 0.617. The summed E-state index contributed by atoms with van der Waals surface area (Å²) in [6.45, 7) is 1.47. The van der Waals surface area contributed by atoms with Gasteiger partial charge in [0.1, 0.15) is 5.76 Å². The maximum absolute atomic E-state index is 10.5. The van der Waals surface area contributed by atoms with Gasteiger partial charge in [-0.1, -0.05) is 0 Å². The topological polar surface area (TPSA) is 78.8 Å². The minimum Gasteiger partial charge on any atom is -0.392 e. The summed E-state index contributed by atoms with van der Waals surface area (Å²) in [5.74, 6) is -0.354. The number of allylic oxidation sites excluding steroid dienone is 1. The maximum atomic E-state index is 10.5. The van der Waals surface area contributed by atoms with Crippen LogP contribution in [0.3, 0.4) is 0 Å². The Balaban J connectivity index is 2.80. The Morgan fingerprint density at radius 3 is 2.70 bits per heavy atom. The third kappa shape index (κ3) is 1.63. The van der Waals surface area contributed by atoms with Crippen molar-refractivity contribution in [1.29, 1.82) is 0 Å². The van der Waals surface area contributed by atoms with Crippen molar-refractivity contribution in [3.8, 4) is 0 Å². The summed E-state index contributed by atoms with van der Waals surface area (Å²) in [6, 6.07) is 0. The molecular weight excluding hydrogens is 158 g/mol. The van der Waals surface area contributed by atoms with Gasteiger partial charge in [-0.05, 0) is 6.92 Å². The van der Waals surface area contributed by atoms with Crippen LogP contribution in [0.2, 0.25) is 0 Å². The first-order chi connectivity index (χ1) is 4.49. The van der Waals surface area contributed by atoms with Crippen LogP contribution in [0.15, 0.2) is 11.8 Å².